The Morgan fingerprint density at radius 1 is 1.56 bits per heavy atom. The van der Waals surface area contributed by atoms with Crippen molar-refractivity contribution in [2.45, 2.75) is 0 Å². The van der Waals surface area contributed by atoms with Gasteiger partial charge >= 0.3 is 6.01 Å². The van der Waals surface area contributed by atoms with Gasteiger partial charge in [0.15, 0.2) is 0 Å². The predicted octanol–water partition coefficient (Wildman–Crippen LogP) is 2.32. The number of carbonyl (C=O) groups is 1. The third kappa shape index (κ3) is 2.91. The van der Waals surface area contributed by atoms with Crippen LogP contribution in [0.3, 0.4) is 0 Å². The largest absolute Gasteiger partial charge is 0.466 e. The molecule has 0 saturated heterocycles. The number of halogens is 2. The number of aromatic amines is 1. The maximum Gasteiger partial charge on any atom is 0.336 e. The van der Waals surface area contributed by atoms with Crippen LogP contribution >= 0.6 is 34.2 Å². The summed E-state index contributed by atoms with van der Waals surface area (Å²) < 4.78 is 5.59. The second kappa shape index (κ2) is 5.53. The molecule has 94 valence electrons. The van der Waals surface area contributed by atoms with Gasteiger partial charge in [0.05, 0.1) is 12.7 Å². The minimum absolute atomic E-state index is 0.158. The Labute approximate surface area is 121 Å². The number of amides is 1. The number of hydrogen-bond donors (Lipinski definition) is 2. The summed E-state index contributed by atoms with van der Waals surface area (Å²) in [7, 11) is 1.44. The van der Waals surface area contributed by atoms with Gasteiger partial charge in [-0.2, -0.15) is 4.98 Å². The number of benzene rings is 1. The van der Waals surface area contributed by atoms with E-state index >= 15 is 0 Å². The fourth-order valence-corrected chi connectivity index (χ4v) is 1.99. The predicted molar refractivity (Wildman–Crippen MR) is 75.1 cm³/mol. The van der Waals surface area contributed by atoms with Gasteiger partial charge in [-0.3, -0.25) is 10.1 Å². The van der Waals surface area contributed by atoms with Crippen molar-refractivity contribution in [3.63, 3.8) is 0 Å². The van der Waals surface area contributed by atoms with Crippen LogP contribution in [0.25, 0.3) is 0 Å². The number of carbonyl (C=O) groups excluding carboxylic acids is 1. The molecule has 18 heavy (non-hydrogen) atoms. The van der Waals surface area contributed by atoms with Gasteiger partial charge in [-0.15, -0.1) is 5.10 Å². The summed E-state index contributed by atoms with van der Waals surface area (Å²) in [4.78, 5) is 15.9. The second-order valence-corrected chi connectivity index (χ2v) is 4.85. The molecule has 0 saturated carbocycles. The molecule has 0 bridgehead atoms. The Morgan fingerprint density at radius 2 is 2.33 bits per heavy atom. The molecule has 2 aromatic rings. The van der Waals surface area contributed by atoms with Gasteiger partial charge in [0, 0.05) is 8.59 Å². The first-order valence-electron chi connectivity index (χ1n) is 4.83. The first-order valence-corrected chi connectivity index (χ1v) is 6.28. The van der Waals surface area contributed by atoms with Crippen LogP contribution in [-0.2, 0) is 0 Å². The van der Waals surface area contributed by atoms with Crippen LogP contribution in [0.2, 0.25) is 5.02 Å². The molecule has 0 atom stereocenters. The topological polar surface area (TPSA) is 79.9 Å². The molecule has 1 aromatic carbocycles. The number of H-pyrrole nitrogens is 1. The minimum atomic E-state index is -0.319. The lowest BCUT2D eigenvalue weighted by Gasteiger charge is -2.04. The van der Waals surface area contributed by atoms with E-state index in [0.717, 1.165) is 3.57 Å². The van der Waals surface area contributed by atoms with Crippen LogP contribution in [0, 0.1) is 3.57 Å². The summed E-state index contributed by atoms with van der Waals surface area (Å²) in [6, 6.07) is 5.23. The Morgan fingerprint density at radius 3 is 3.00 bits per heavy atom. The Balaban J connectivity index is 2.19. The van der Waals surface area contributed by atoms with Crippen molar-refractivity contribution < 1.29 is 9.53 Å². The highest BCUT2D eigenvalue weighted by Crippen LogP contribution is 2.19. The van der Waals surface area contributed by atoms with E-state index in [2.05, 4.69) is 43.1 Å². The van der Waals surface area contributed by atoms with Crippen molar-refractivity contribution >= 4 is 46.0 Å². The van der Waals surface area contributed by atoms with Crippen molar-refractivity contribution in [2.24, 2.45) is 0 Å². The minimum Gasteiger partial charge on any atom is -0.466 e. The third-order valence-electron chi connectivity index (χ3n) is 2.05. The van der Waals surface area contributed by atoms with Gasteiger partial charge in [0.1, 0.15) is 0 Å². The molecular formula is C10H8ClIN4O2. The molecule has 0 unspecified atom stereocenters. The van der Waals surface area contributed by atoms with Crippen LogP contribution in [-0.4, -0.2) is 28.2 Å². The van der Waals surface area contributed by atoms with Crippen molar-refractivity contribution in [1.29, 1.82) is 0 Å². The quantitative estimate of drug-likeness (QED) is 0.804. The first-order chi connectivity index (χ1) is 8.60. The van der Waals surface area contributed by atoms with Gasteiger partial charge in [0.2, 0.25) is 5.95 Å². The van der Waals surface area contributed by atoms with Crippen molar-refractivity contribution in [3.8, 4) is 6.01 Å². The molecule has 1 aromatic heterocycles. The number of anilines is 1. The van der Waals surface area contributed by atoms with E-state index in [0.29, 0.717) is 10.6 Å². The summed E-state index contributed by atoms with van der Waals surface area (Å²) in [6.07, 6.45) is 0. The van der Waals surface area contributed by atoms with E-state index in [1.807, 2.05) is 0 Å². The molecule has 2 N–H and O–H groups in total. The van der Waals surface area contributed by atoms with Crippen molar-refractivity contribution in [3.05, 3.63) is 32.4 Å². The number of aromatic nitrogens is 3. The van der Waals surface area contributed by atoms with Gasteiger partial charge in [-0.25, -0.2) is 5.10 Å². The molecule has 0 aliphatic carbocycles. The lowest BCUT2D eigenvalue weighted by Crippen LogP contribution is -2.14. The molecule has 0 aliphatic rings. The monoisotopic (exact) mass is 378 g/mol. The summed E-state index contributed by atoms with van der Waals surface area (Å²) >= 11 is 7.91. The second-order valence-electron chi connectivity index (χ2n) is 3.25. The van der Waals surface area contributed by atoms with E-state index in [1.165, 1.54) is 7.11 Å². The van der Waals surface area contributed by atoms with Crippen LogP contribution in [0.15, 0.2) is 18.2 Å². The number of methoxy groups -OCH3 is 1. The molecule has 0 radical (unpaired) electrons. The molecule has 0 fully saturated rings. The molecule has 8 heteroatoms. The molecule has 1 heterocycles. The number of rotatable bonds is 3. The van der Waals surface area contributed by atoms with Gasteiger partial charge in [-0.05, 0) is 40.8 Å². The number of hydrogen-bond acceptors (Lipinski definition) is 4. The summed E-state index contributed by atoms with van der Waals surface area (Å²) in [5, 5.41) is 9.32. The van der Waals surface area contributed by atoms with Crippen LogP contribution in [0.5, 0.6) is 6.01 Å². The highest BCUT2D eigenvalue weighted by atomic mass is 127. The molecular weight excluding hydrogens is 370 g/mol. The van der Waals surface area contributed by atoms with Crippen LogP contribution in [0.1, 0.15) is 10.4 Å². The van der Waals surface area contributed by atoms with E-state index in [1.54, 1.807) is 18.2 Å². The smallest absolute Gasteiger partial charge is 0.336 e. The van der Waals surface area contributed by atoms with Crippen molar-refractivity contribution in [1.82, 2.24) is 15.2 Å². The number of nitrogens with zero attached hydrogens (tertiary/aromatic N) is 2. The Hall–Kier alpha value is -1.35. The summed E-state index contributed by atoms with van der Waals surface area (Å²) in [6.45, 7) is 0. The van der Waals surface area contributed by atoms with Crippen LogP contribution < -0.4 is 10.1 Å². The Bertz CT molecular complexity index is 587. The fraction of sp³-hybridized carbons (Fsp3) is 0.100. The maximum atomic E-state index is 12.0. The molecule has 2 rings (SSSR count). The zero-order valence-electron chi connectivity index (χ0n) is 9.20. The lowest BCUT2D eigenvalue weighted by molar-refractivity contribution is 0.102. The average Bonchev–Trinajstić information content (AvgIpc) is 2.80. The van der Waals surface area contributed by atoms with Crippen LogP contribution in [0.4, 0.5) is 5.95 Å². The van der Waals surface area contributed by atoms with Gasteiger partial charge in [-0.1, -0.05) is 11.6 Å². The average molecular weight is 379 g/mol. The Kier molecular flexibility index (Phi) is 4.02. The number of nitrogens with one attached hydrogen (secondary N) is 2. The molecule has 0 aliphatic heterocycles. The summed E-state index contributed by atoms with van der Waals surface area (Å²) in [5.74, 6) is -0.103. The zero-order valence-corrected chi connectivity index (χ0v) is 12.1. The van der Waals surface area contributed by atoms with E-state index in [-0.39, 0.29) is 17.9 Å². The van der Waals surface area contributed by atoms with Gasteiger partial charge in [0.25, 0.3) is 5.91 Å². The highest BCUT2D eigenvalue weighted by molar-refractivity contribution is 14.1. The summed E-state index contributed by atoms with van der Waals surface area (Å²) in [5.41, 5.74) is 0.471. The zero-order chi connectivity index (χ0) is 13.1. The highest BCUT2D eigenvalue weighted by Gasteiger charge is 2.13. The van der Waals surface area contributed by atoms with E-state index < -0.39 is 0 Å². The number of ether oxygens (including phenoxy) is 1. The van der Waals surface area contributed by atoms with E-state index in [4.69, 9.17) is 16.3 Å². The lowest BCUT2D eigenvalue weighted by atomic mass is 10.2. The molecule has 6 nitrogen and oxygen atoms in total. The SMILES string of the molecule is COc1n[nH]c(NC(=O)c2cc(Cl)ccc2I)n1. The normalized spacial score (nSPS) is 10.2. The third-order valence-corrected chi connectivity index (χ3v) is 3.23. The van der Waals surface area contributed by atoms with Crippen molar-refractivity contribution in [2.75, 3.05) is 12.4 Å². The van der Waals surface area contributed by atoms with Gasteiger partial charge < -0.3 is 4.74 Å². The first kappa shape index (κ1) is 13.1. The molecule has 0 spiro atoms. The van der Waals surface area contributed by atoms with E-state index in [9.17, 15) is 4.79 Å². The maximum absolute atomic E-state index is 12.0. The molecule has 1 amide bonds. The standard InChI is InChI=1S/C10H8ClIN4O2/c1-18-10-14-9(15-16-10)13-8(17)6-4-5(11)2-3-7(6)12/h2-4H,1H3,(H2,13,14,15,16,17). The fourth-order valence-electron chi connectivity index (χ4n) is 1.24.